The summed E-state index contributed by atoms with van der Waals surface area (Å²) in [5.41, 5.74) is 4.95. The number of nitrogens with zero attached hydrogens (tertiary/aromatic N) is 1. The van der Waals surface area contributed by atoms with Crippen LogP contribution in [-0.2, 0) is 19.6 Å². The van der Waals surface area contributed by atoms with Crippen molar-refractivity contribution in [3.05, 3.63) is 0 Å². The molecule has 1 heterocycles. The zero-order chi connectivity index (χ0) is 12.2. The van der Waals surface area contributed by atoms with E-state index in [9.17, 15) is 13.2 Å². The van der Waals surface area contributed by atoms with Crippen molar-refractivity contribution in [1.82, 2.24) is 4.90 Å². The molecule has 0 radical (unpaired) electrons. The molecule has 0 saturated carbocycles. The Morgan fingerprint density at radius 3 is 2.35 bits per heavy atom. The summed E-state index contributed by atoms with van der Waals surface area (Å²) in [5.74, 6) is -0.582. The lowest BCUT2D eigenvalue weighted by atomic mass is 10.2. The van der Waals surface area contributed by atoms with Crippen LogP contribution in [-0.4, -0.2) is 55.5 Å². The van der Waals surface area contributed by atoms with Crippen LogP contribution in [0.4, 0.5) is 0 Å². The summed E-state index contributed by atoms with van der Waals surface area (Å²) in [4.78, 5) is 12.2. The van der Waals surface area contributed by atoms with Crippen LogP contribution in [0.1, 0.15) is 12.8 Å². The van der Waals surface area contributed by atoms with Crippen LogP contribution in [0.2, 0.25) is 0 Å². The number of hydrogen-bond acceptors (Lipinski definition) is 5. The summed E-state index contributed by atoms with van der Waals surface area (Å²) < 4.78 is 36.5. The number of halogens is 1. The first kappa shape index (κ1) is 16.6. The van der Waals surface area contributed by atoms with Gasteiger partial charge in [0, 0.05) is 19.5 Å². The highest BCUT2D eigenvalue weighted by atomic mass is 35.5. The molecule has 1 atom stereocenters. The normalized spacial score (nSPS) is 19.4. The Kier molecular flexibility index (Phi) is 6.95. The van der Waals surface area contributed by atoms with Crippen LogP contribution < -0.4 is 5.73 Å². The Morgan fingerprint density at radius 2 is 1.94 bits per heavy atom. The average Bonchev–Trinajstić information content (AvgIpc) is 2.17. The summed E-state index contributed by atoms with van der Waals surface area (Å²) in [7, 11) is -4.20. The van der Waals surface area contributed by atoms with Crippen LogP contribution in [0.5, 0.6) is 0 Å². The fraction of sp³-hybridized carbons (Fsp3) is 0.875. The second-order valence-electron chi connectivity index (χ2n) is 3.62. The van der Waals surface area contributed by atoms with E-state index in [2.05, 4.69) is 0 Å². The Hall–Kier alpha value is -0.410. The van der Waals surface area contributed by atoms with Gasteiger partial charge in [-0.25, -0.2) is 0 Å². The first-order valence-corrected chi connectivity index (χ1v) is 6.48. The summed E-state index contributed by atoms with van der Waals surface area (Å²) in [6, 6.07) is 0. The van der Waals surface area contributed by atoms with Gasteiger partial charge in [0.15, 0.2) is 0 Å². The molecule has 0 aliphatic carbocycles. The molecule has 0 aromatic heterocycles. The largest absolute Gasteiger partial charge is 0.379 e. The summed E-state index contributed by atoms with van der Waals surface area (Å²) in [5, 5.41) is -1.07. The molecule has 0 aromatic carbocycles. The minimum atomic E-state index is -4.20. The van der Waals surface area contributed by atoms with Gasteiger partial charge in [-0.1, -0.05) is 0 Å². The molecule has 1 fully saturated rings. The van der Waals surface area contributed by atoms with E-state index in [-0.39, 0.29) is 25.2 Å². The van der Waals surface area contributed by atoms with Crippen LogP contribution in [0.3, 0.4) is 0 Å². The molecule has 1 aliphatic heterocycles. The Labute approximate surface area is 106 Å². The quantitative estimate of drug-likeness (QED) is 0.642. The molecule has 1 unspecified atom stereocenters. The number of carbonyl (C=O) groups excluding carboxylic acids is 1. The van der Waals surface area contributed by atoms with Crippen molar-refractivity contribution in [3.8, 4) is 0 Å². The summed E-state index contributed by atoms with van der Waals surface area (Å²) in [6.45, 7) is 1.68. The van der Waals surface area contributed by atoms with E-state index in [1.807, 2.05) is 0 Å². The van der Waals surface area contributed by atoms with Gasteiger partial charge >= 0.3 is 0 Å². The highest BCUT2D eigenvalue weighted by Gasteiger charge is 2.31. The van der Waals surface area contributed by atoms with Crippen LogP contribution in [0.25, 0.3) is 0 Å². The van der Waals surface area contributed by atoms with Gasteiger partial charge in [0.25, 0.3) is 10.1 Å². The molecular weight excluding hydrogens is 272 g/mol. The summed E-state index contributed by atoms with van der Waals surface area (Å²) >= 11 is 0. The molecule has 1 amide bonds. The van der Waals surface area contributed by atoms with Gasteiger partial charge in [-0.3, -0.25) is 14.2 Å². The van der Waals surface area contributed by atoms with E-state index in [0.717, 1.165) is 0 Å². The second-order valence-corrected chi connectivity index (χ2v) is 5.20. The van der Waals surface area contributed by atoms with Crippen molar-refractivity contribution in [1.29, 1.82) is 0 Å². The molecule has 0 bridgehead atoms. The summed E-state index contributed by atoms with van der Waals surface area (Å²) in [6.07, 6.45) is -0.0595. The third kappa shape index (κ3) is 5.64. The zero-order valence-corrected chi connectivity index (χ0v) is 10.9. The number of hydrogen-bond donors (Lipinski definition) is 2. The Bertz CT molecular complexity index is 342. The van der Waals surface area contributed by atoms with E-state index in [1.165, 1.54) is 0 Å². The van der Waals surface area contributed by atoms with E-state index in [1.54, 1.807) is 4.90 Å². The Morgan fingerprint density at radius 1 is 1.41 bits per heavy atom. The van der Waals surface area contributed by atoms with Crippen LogP contribution in [0, 0.1) is 0 Å². The third-order valence-electron chi connectivity index (χ3n) is 2.43. The van der Waals surface area contributed by atoms with Gasteiger partial charge in [0.1, 0.15) is 5.37 Å². The molecule has 102 valence electrons. The highest BCUT2D eigenvalue weighted by molar-refractivity contribution is 7.86. The van der Waals surface area contributed by atoms with Crippen molar-refractivity contribution >= 4 is 28.4 Å². The number of morpholine rings is 1. The third-order valence-corrected chi connectivity index (χ3v) is 3.66. The molecule has 1 saturated heterocycles. The lowest BCUT2D eigenvalue weighted by Gasteiger charge is -2.32. The number of nitrogens with two attached hydrogens (primary N) is 1. The number of rotatable bonds is 5. The van der Waals surface area contributed by atoms with E-state index < -0.39 is 21.4 Å². The maximum Gasteiger partial charge on any atom is 0.281 e. The van der Waals surface area contributed by atoms with E-state index in [4.69, 9.17) is 15.0 Å². The van der Waals surface area contributed by atoms with Gasteiger partial charge in [-0.2, -0.15) is 8.42 Å². The maximum atomic E-state index is 11.2. The SMILES string of the molecule is Cl.NC(=O)CCC(N1CCOCC1)S(=O)(=O)O. The minimum absolute atomic E-state index is 0. The average molecular weight is 289 g/mol. The molecule has 0 spiro atoms. The lowest BCUT2D eigenvalue weighted by Crippen LogP contribution is -2.47. The van der Waals surface area contributed by atoms with Crippen molar-refractivity contribution in [2.24, 2.45) is 5.73 Å². The van der Waals surface area contributed by atoms with Gasteiger partial charge in [-0.15, -0.1) is 12.4 Å². The fourth-order valence-corrected chi connectivity index (χ4v) is 2.65. The highest BCUT2D eigenvalue weighted by Crippen LogP contribution is 2.14. The number of primary amides is 1. The molecule has 9 heteroatoms. The first-order valence-electron chi connectivity index (χ1n) is 4.97. The number of carbonyl (C=O) groups is 1. The van der Waals surface area contributed by atoms with Gasteiger partial charge < -0.3 is 10.5 Å². The topological polar surface area (TPSA) is 110 Å². The van der Waals surface area contributed by atoms with Crippen molar-refractivity contribution in [2.75, 3.05) is 26.3 Å². The number of ether oxygens (including phenoxy) is 1. The van der Waals surface area contributed by atoms with Crippen LogP contribution in [0.15, 0.2) is 0 Å². The van der Waals surface area contributed by atoms with Crippen molar-refractivity contribution in [3.63, 3.8) is 0 Å². The van der Waals surface area contributed by atoms with E-state index >= 15 is 0 Å². The molecule has 3 N–H and O–H groups in total. The van der Waals surface area contributed by atoms with Gasteiger partial charge in [-0.05, 0) is 6.42 Å². The van der Waals surface area contributed by atoms with Gasteiger partial charge in [0.2, 0.25) is 5.91 Å². The molecule has 17 heavy (non-hydrogen) atoms. The lowest BCUT2D eigenvalue weighted by molar-refractivity contribution is -0.118. The van der Waals surface area contributed by atoms with Crippen molar-refractivity contribution < 1.29 is 22.5 Å². The fourth-order valence-electron chi connectivity index (χ4n) is 1.65. The minimum Gasteiger partial charge on any atom is -0.379 e. The smallest absolute Gasteiger partial charge is 0.281 e. The number of amides is 1. The van der Waals surface area contributed by atoms with E-state index in [0.29, 0.717) is 26.3 Å². The standard InChI is InChI=1S/C8H16N2O5S.ClH/c9-7(11)1-2-8(16(12,13)14)10-3-5-15-6-4-10;/h8H,1-6H2,(H2,9,11)(H,12,13,14);1H. The monoisotopic (exact) mass is 288 g/mol. The molecular formula is C8H17ClN2O5S. The molecule has 7 nitrogen and oxygen atoms in total. The second kappa shape index (κ2) is 7.12. The molecule has 0 aromatic rings. The first-order chi connectivity index (χ1) is 7.41. The zero-order valence-electron chi connectivity index (χ0n) is 9.24. The molecule has 1 aliphatic rings. The molecule has 1 rings (SSSR count). The predicted molar refractivity (Wildman–Crippen MR) is 63.4 cm³/mol. The van der Waals surface area contributed by atoms with Gasteiger partial charge in [0.05, 0.1) is 13.2 Å². The van der Waals surface area contributed by atoms with Crippen LogP contribution >= 0.6 is 12.4 Å². The Balaban J connectivity index is 0.00000256. The maximum absolute atomic E-state index is 11.2. The predicted octanol–water partition coefficient (Wildman–Crippen LogP) is -0.780. The van der Waals surface area contributed by atoms with Crippen molar-refractivity contribution in [2.45, 2.75) is 18.2 Å².